The summed E-state index contributed by atoms with van der Waals surface area (Å²) in [6, 6.07) is 0. The molecule has 0 aromatic rings. The molecule has 29 heteroatoms. The predicted octanol–water partition coefficient (Wildman–Crippen LogP) is -3.69. The Morgan fingerprint density at radius 2 is 1.25 bits per heavy atom. The van der Waals surface area contributed by atoms with Crippen molar-refractivity contribution in [2.75, 3.05) is 33.0 Å². The molecule has 5 aliphatic heterocycles. The number of fused-ring (bicyclic) bond motifs is 7. The van der Waals surface area contributed by atoms with Gasteiger partial charge in [-0.3, -0.25) is 14.4 Å². The quantitative estimate of drug-likeness (QED) is 0.0452. The number of aliphatic hydroxyl groups is 14. The molecule has 0 bridgehead atoms. The molecule has 9 fully saturated rings. The molecule has 0 amide bonds. The summed E-state index contributed by atoms with van der Waals surface area (Å²) in [4.78, 5) is 41.8. The van der Waals surface area contributed by atoms with Gasteiger partial charge in [-0.05, 0) is 105 Å². The van der Waals surface area contributed by atoms with Crippen LogP contribution < -0.4 is 0 Å². The SMILES string of the molecule is CC(=O)O[C@@H]1[C@@H](O[C@@H]2OC[C@](O)(CO)[C@H]2O)[C@@H](O)[C@H](O[C@@H]2[C@H](OC(=O)[C@]34CCC(C)(C)C[C@H]3C3=CC[C@@H]5[C@@]6(C)C[C@H](O)[C@H](O[C@@H]7O[C@H](CO)[C@@H](O[C@@H]8OC[C@@H](O)[C@H](O)[C@H]8O)[C@H](O)[C@H]7O)[C@@](C)(C(=O)O)[C@@H]6CC[C@@]5(C)[C@]3(C)C[C@H]4O)OC[C@@H](O)[C@H]2O)O[C@H]1C. The summed E-state index contributed by atoms with van der Waals surface area (Å²) in [6.45, 7) is 10.9. The lowest BCUT2D eigenvalue weighted by atomic mass is 9.33. The van der Waals surface area contributed by atoms with Gasteiger partial charge >= 0.3 is 17.9 Å². The van der Waals surface area contributed by atoms with Crippen LogP contribution in [0.5, 0.6) is 0 Å². The number of aliphatic hydroxyl groups excluding tert-OH is 13. The summed E-state index contributed by atoms with van der Waals surface area (Å²) in [5, 5.41) is 167. The van der Waals surface area contributed by atoms with E-state index in [0.717, 1.165) is 12.5 Å². The van der Waals surface area contributed by atoms with E-state index in [1.54, 1.807) is 0 Å². The number of carboxylic acids is 1. The number of ether oxygens (including phenoxy) is 11. The highest BCUT2D eigenvalue weighted by Crippen LogP contribution is 2.76. The van der Waals surface area contributed by atoms with Gasteiger partial charge in [-0.15, -0.1) is 0 Å². The normalized spacial score (nSPS) is 53.5. The van der Waals surface area contributed by atoms with Crippen molar-refractivity contribution < 1.29 is 143 Å². The first-order valence-corrected chi connectivity index (χ1v) is 30.6. The van der Waals surface area contributed by atoms with E-state index in [0.29, 0.717) is 25.7 Å². The molecule has 10 aliphatic rings. The van der Waals surface area contributed by atoms with E-state index in [1.807, 2.05) is 6.92 Å². The Hall–Kier alpha value is -2.77. The lowest BCUT2D eigenvalue weighted by Gasteiger charge is -2.71. The average Bonchev–Trinajstić information content (AvgIpc) is 0.722. The van der Waals surface area contributed by atoms with Gasteiger partial charge in [0.2, 0.25) is 6.29 Å². The molecule has 5 heterocycles. The number of aliphatic carboxylic acids is 1. The third kappa shape index (κ3) is 11.0. The van der Waals surface area contributed by atoms with Gasteiger partial charge in [0, 0.05) is 6.92 Å². The van der Waals surface area contributed by atoms with Crippen LogP contribution in [0.3, 0.4) is 0 Å². The number of hydrogen-bond donors (Lipinski definition) is 15. The summed E-state index contributed by atoms with van der Waals surface area (Å²) in [5.74, 6) is -4.75. The molecule has 15 N–H and O–H groups in total. The van der Waals surface area contributed by atoms with Crippen LogP contribution in [0.1, 0.15) is 107 Å². The minimum absolute atomic E-state index is 0.00783. The monoisotopic (exact) mass is 1260 g/mol. The fourth-order valence-corrected chi connectivity index (χ4v) is 17.6. The summed E-state index contributed by atoms with van der Waals surface area (Å²) in [7, 11) is 0. The van der Waals surface area contributed by atoms with Crippen LogP contribution in [-0.2, 0) is 66.5 Å². The van der Waals surface area contributed by atoms with Crippen LogP contribution in [0, 0.1) is 50.2 Å². The Kier molecular flexibility index (Phi) is 19.0. The van der Waals surface area contributed by atoms with E-state index in [2.05, 4.69) is 33.8 Å². The molecule has 502 valence electrons. The second-order valence-corrected chi connectivity index (χ2v) is 28.5. The van der Waals surface area contributed by atoms with Crippen molar-refractivity contribution in [2.24, 2.45) is 50.2 Å². The van der Waals surface area contributed by atoms with Gasteiger partial charge in [-0.1, -0.05) is 46.3 Å². The highest BCUT2D eigenvalue weighted by Gasteiger charge is 2.74. The minimum atomic E-state index is -2.14. The van der Waals surface area contributed by atoms with E-state index in [4.69, 9.17) is 52.1 Å². The molecular formula is C59H92O29. The third-order valence-electron chi connectivity index (χ3n) is 22.8. The fourth-order valence-electron chi connectivity index (χ4n) is 17.6. The van der Waals surface area contributed by atoms with Crippen molar-refractivity contribution in [1.29, 1.82) is 0 Å². The average molecular weight is 1270 g/mol. The van der Waals surface area contributed by atoms with Crippen molar-refractivity contribution in [2.45, 2.75) is 254 Å². The Labute approximate surface area is 508 Å². The zero-order valence-electron chi connectivity index (χ0n) is 50.7. The van der Waals surface area contributed by atoms with E-state index < -0.39 is 237 Å². The summed E-state index contributed by atoms with van der Waals surface area (Å²) in [5.41, 5.74) is -7.70. The van der Waals surface area contributed by atoms with Gasteiger partial charge in [0.25, 0.3) is 0 Å². The first-order valence-electron chi connectivity index (χ1n) is 30.6. The van der Waals surface area contributed by atoms with Gasteiger partial charge in [0.1, 0.15) is 90.4 Å². The zero-order valence-corrected chi connectivity index (χ0v) is 50.7. The van der Waals surface area contributed by atoms with Gasteiger partial charge in [-0.25, -0.2) is 0 Å². The maximum Gasteiger partial charge on any atom is 0.317 e. The summed E-state index contributed by atoms with van der Waals surface area (Å²) < 4.78 is 64.4. The molecule has 0 aromatic carbocycles. The van der Waals surface area contributed by atoms with Crippen LogP contribution in [0.4, 0.5) is 0 Å². The Bertz CT molecular complexity index is 2580. The minimum Gasteiger partial charge on any atom is -0.481 e. The number of allylic oxidation sites excluding steroid dienone is 2. The number of carbonyl (C=O) groups is 3. The maximum absolute atomic E-state index is 15.5. The first kappa shape index (κ1) is 68.1. The molecule has 29 nitrogen and oxygen atoms in total. The summed E-state index contributed by atoms with van der Waals surface area (Å²) >= 11 is 0. The van der Waals surface area contributed by atoms with Crippen molar-refractivity contribution >= 4 is 17.9 Å². The second kappa shape index (κ2) is 24.5. The van der Waals surface area contributed by atoms with Crippen LogP contribution in [-0.4, -0.2) is 274 Å². The van der Waals surface area contributed by atoms with Crippen molar-refractivity contribution in [1.82, 2.24) is 0 Å². The van der Waals surface area contributed by atoms with E-state index >= 15 is 4.79 Å². The van der Waals surface area contributed by atoms with Gasteiger partial charge in [0.15, 0.2) is 37.4 Å². The molecule has 0 radical (unpaired) electrons. The predicted molar refractivity (Wildman–Crippen MR) is 290 cm³/mol. The van der Waals surface area contributed by atoms with Crippen molar-refractivity contribution in [3.05, 3.63) is 11.6 Å². The summed E-state index contributed by atoms with van der Waals surface area (Å²) in [6.07, 6.45) is -34.1. The maximum atomic E-state index is 15.5. The molecule has 0 spiro atoms. The van der Waals surface area contributed by atoms with Crippen LogP contribution >= 0.6 is 0 Å². The topological polar surface area (TPSA) is 456 Å². The van der Waals surface area contributed by atoms with Crippen molar-refractivity contribution in [3.63, 3.8) is 0 Å². The molecule has 5 aliphatic carbocycles. The molecule has 0 unspecified atom stereocenters. The first-order chi connectivity index (χ1) is 41.1. The zero-order chi connectivity index (χ0) is 64.5. The van der Waals surface area contributed by atoms with E-state index in [-0.39, 0.29) is 37.0 Å². The van der Waals surface area contributed by atoms with Gasteiger partial charge in [0.05, 0.1) is 56.8 Å². The molecule has 10 rings (SSSR count). The lowest BCUT2D eigenvalue weighted by Crippen LogP contribution is -2.71. The second-order valence-electron chi connectivity index (χ2n) is 28.5. The molecule has 5 saturated heterocycles. The van der Waals surface area contributed by atoms with Crippen LogP contribution in [0.2, 0.25) is 0 Å². The fraction of sp³-hybridized carbons (Fsp3) is 0.915. The molecule has 4 saturated carbocycles. The van der Waals surface area contributed by atoms with E-state index in [1.165, 1.54) is 13.8 Å². The lowest BCUT2D eigenvalue weighted by molar-refractivity contribution is -0.365. The largest absolute Gasteiger partial charge is 0.481 e. The van der Waals surface area contributed by atoms with E-state index in [9.17, 15) is 86.2 Å². The molecular weight excluding hydrogens is 1170 g/mol. The number of hydrogen-bond acceptors (Lipinski definition) is 28. The number of carbonyl (C=O) groups excluding carboxylic acids is 2. The Morgan fingerprint density at radius 3 is 1.89 bits per heavy atom. The number of carboxylic acid groups (broad SMARTS) is 1. The van der Waals surface area contributed by atoms with Crippen molar-refractivity contribution in [3.8, 4) is 0 Å². The highest BCUT2D eigenvalue weighted by atomic mass is 16.8. The smallest absolute Gasteiger partial charge is 0.317 e. The molecule has 0 aromatic heterocycles. The van der Waals surface area contributed by atoms with Crippen LogP contribution in [0.25, 0.3) is 0 Å². The highest BCUT2D eigenvalue weighted by molar-refractivity contribution is 5.80. The van der Waals surface area contributed by atoms with Gasteiger partial charge < -0.3 is 129 Å². The number of esters is 2. The molecule has 32 atom stereocenters. The number of rotatable bonds is 14. The Morgan fingerprint density at radius 1 is 0.625 bits per heavy atom. The molecule has 88 heavy (non-hydrogen) atoms. The Balaban J connectivity index is 0.897. The standard InChI is InChI=1S/C59H92O29/c1-23-40(82-24(2)62)42(85-50-44(73)58(77,21-61)22-80-50)39(72)48(81-23)86-43-35(68)29(65)20-79-49(43)88-52(76)59-14-13-53(3,4)15-26(59)25-9-10-31-54(5)16-27(63)45(57(8,51(74)75)32(54)11-12-55(31,6)56(25,7)17-33(59)66)87-47-38(71)36(69)41(30(18-60)83-47)84-46-37(70)34(67)28(64)19-78-46/h9,23,26-50,60-61,63-73,77H,10-22H2,1-8H3,(H,74,75)/t23-,26-,27-,28+,29+,30+,31+,32+,33+,34-,35+,36+,37+,38+,39+,40-,41+,42-,43-,44-,45-,46-,47-,48-,49-,50-,54+,55+,56+,57-,58+,59+/m0/s1. The van der Waals surface area contributed by atoms with Gasteiger partial charge in [-0.2, -0.15) is 0 Å². The van der Waals surface area contributed by atoms with Crippen LogP contribution in [0.15, 0.2) is 11.6 Å². The third-order valence-corrected chi connectivity index (χ3v) is 22.8.